The lowest BCUT2D eigenvalue weighted by molar-refractivity contribution is -0.117. The molecule has 0 saturated carbocycles. The molecule has 0 saturated heterocycles. The Balaban J connectivity index is 3.14. The van der Waals surface area contributed by atoms with Gasteiger partial charge in [-0.3, -0.25) is 4.79 Å². The molecule has 22 heavy (non-hydrogen) atoms. The highest BCUT2D eigenvalue weighted by Crippen LogP contribution is 2.23. The van der Waals surface area contributed by atoms with Crippen LogP contribution in [-0.2, 0) is 14.3 Å². The Kier molecular flexibility index (Phi) is 5.68. The van der Waals surface area contributed by atoms with E-state index in [9.17, 15) is 14.4 Å². The average Bonchev–Trinajstić information content (AvgIpc) is 2.43. The standard InChI is InChI=1S/C16H21NO5/c1-16(2,3)9-13(18)17-12-8-10(14(19)21-4)6-7-11(12)15(20)22-5/h6-8H,9H2,1-5H3,(H,17,18). The average molecular weight is 307 g/mol. The third-order valence-corrected chi connectivity index (χ3v) is 2.81. The van der Waals surface area contributed by atoms with Gasteiger partial charge >= 0.3 is 11.9 Å². The normalized spacial score (nSPS) is 10.8. The molecule has 1 aromatic rings. The van der Waals surface area contributed by atoms with Gasteiger partial charge in [0.1, 0.15) is 0 Å². The van der Waals surface area contributed by atoms with Crippen molar-refractivity contribution < 1.29 is 23.9 Å². The Hall–Kier alpha value is -2.37. The molecule has 0 aliphatic carbocycles. The number of ether oxygens (including phenoxy) is 2. The number of esters is 2. The minimum absolute atomic E-state index is 0.178. The Morgan fingerprint density at radius 3 is 2.14 bits per heavy atom. The zero-order valence-corrected chi connectivity index (χ0v) is 13.5. The largest absolute Gasteiger partial charge is 0.465 e. The molecular formula is C16H21NO5. The Labute approximate surface area is 129 Å². The predicted octanol–water partition coefficient (Wildman–Crippen LogP) is 2.63. The minimum atomic E-state index is -0.595. The highest BCUT2D eigenvalue weighted by atomic mass is 16.5. The molecule has 0 aromatic heterocycles. The van der Waals surface area contributed by atoms with Gasteiger partial charge in [-0.2, -0.15) is 0 Å². The number of carbonyl (C=O) groups is 3. The molecule has 0 atom stereocenters. The molecule has 1 aromatic carbocycles. The molecule has 6 heteroatoms. The van der Waals surface area contributed by atoms with Crippen LogP contribution in [0.15, 0.2) is 18.2 Å². The van der Waals surface area contributed by atoms with E-state index in [0.717, 1.165) is 0 Å². The van der Waals surface area contributed by atoms with Crippen LogP contribution in [0.3, 0.4) is 0 Å². The van der Waals surface area contributed by atoms with E-state index in [2.05, 4.69) is 14.8 Å². The molecule has 0 aliphatic heterocycles. The maximum atomic E-state index is 12.1. The van der Waals surface area contributed by atoms with Crippen LogP contribution in [0.4, 0.5) is 5.69 Å². The summed E-state index contributed by atoms with van der Waals surface area (Å²) in [6, 6.07) is 4.26. The zero-order valence-electron chi connectivity index (χ0n) is 13.5. The molecule has 1 amide bonds. The first kappa shape index (κ1) is 17.7. The summed E-state index contributed by atoms with van der Waals surface area (Å²) in [7, 11) is 2.51. The molecule has 0 aliphatic rings. The monoisotopic (exact) mass is 307 g/mol. The van der Waals surface area contributed by atoms with Crippen LogP contribution in [-0.4, -0.2) is 32.1 Å². The number of methoxy groups -OCH3 is 2. The number of benzene rings is 1. The zero-order chi connectivity index (χ0) is 16.9. The number of hydrogen-bond donors (Lipinski definition) is 1. The third kappa shape index (κ3) is 4.87. The summed E-state index contributed by atoms with van der Waals surface area (Å²) in [5, 5.41) is 2.65. The first-order valence-electron chi connectivity index (χ1n) is 6.78. The molecule has 0 radical (unpaired) electrons. The van der Waals surface area contributed by atoms with E-state index in [4.69, 9.17) is 0 Å². The summed E-state index contributed by atoms with van der Waals surface area (Å²) >= 11 is 0. The fourth-order valence-electron chi connectivity index (χ4n) is 1.86. The minimum Gasteiger partial charge on any atom is -0.465 e. The van der Waals surface area contributed by atoms with Crippen molar-refractivity contribution >= 4 is 23.5 Å². The van der Waals surface area contributed by atoms with Crippen molar-refractivity contribution in [1.29, 1.82) is 0 Å². The highest BCUT2D eigenvalue weighted by molar-refractivity contribution is 6.03. The van der Waals surface area contributed by atoms with E-state index in [0.29, 0.717) is 0 Å². The summed E-state index contributed by atoms with van der Waals surface area (Å²) in [5.74, 6) is -1.40. The maximum absolute atomic E-state index is 12.1. The van der Waals surface area contributed by atoms with Crippen molar-refractivity contribution in [2.45, 2.75) is 27.2 Å². The van der Waals surface area contributed by atoms with Crippen LogP contribution in [0.5, 0.6) is 0 Å². The number of anilines is 1. The van der Waals surface area contributed by atoms with Gasteiger partial charge in [-0.1, -0.05) is 20.8 Å². The fraction of sp³-hybridized carbons (Fsp3) is 0.438. The summed E-state index contributed by atoms with van der Waals surface area (Å²) < 4.78 is 9.32. The molecule has 0 heterocycles. The molecular weight excluding hydrogens is 286 g/mol. The van der Waals surface area contributed by atoms with Crippen molar-refractivity contribution in [3.63, 3.8) is 0 Å². The quantitative estimate of drug-likeness (QED) is 0.865. The predicted molar refractivity (Wildman–Crippen MR) is 81.8 cm³/mol. The van der Waals surface area contributed by atoms with Crippen molar-refractivity contribution in [1.82, 2.24) is 0 Å². The first-order chi connectivity index (χ1) is 10.2. The van der Waals surface area contributed by atoms with Crippen molar-refractivity contribution in [3.8, 4) is 0 Å². The lowest BCUT2D eigenvalue weighted by atomic mass is 9.92. The molecule has 0 fully saturated rings. The fourth-order valence-corrected chi connectivity index (χ4v) is 1.86. The molecule has 0 bridgehead atoms. The van der Waals surface area contributed by atoms with Crippen molar-refractivity contribution in [3.05, 3.63) is 29.3 Å². The molecule has 1 rings (SSSR count). The van der Waals surface area contributed by atoms with Crippen molar-refractivity contribution in [2.24, 2.45) is 5.41 Å². The SMILES string of the molecule is COC(=O)c1ccc(C(=O)OC)c(NC(=O)CC(C)(C)C)c1. The number of rotatable bonds is 4. The van der Waals surface area contributed by atoms with E-state index in [1.54, 1.807) is 0 Å². The van der Waals surface area contributed by atoms with Gasteiger partial charge in [0, 0.05) is 6.42 Å². The molecule has 120 valence electrons. The van der Waals surface area contributed by atoms with E-state index < -0.39 is 11.9 Å². The van der Waals surface area contributed by atoms with E-state index in [1.807, 2.05) is 20.8 Å². The third-order valence-electron chi connectivity index (χ3n) is 2.81. The first-order valence-corrected chi connectivity index (χ1v) is 6.78. The summed E-state index contributed by atoms with van der Waals surface area (Å²) in [4.78, 5) is 35.4. The van der Waals surface area contributed by atoms with Gasteiger partial charge in [-0.25, -0.2) is 9.59 Å². The van der Waals surface area contributed by atoms with Crippen LogP contribution >= 0.6 is 0 Å². The number of hydrogen-bond acceptors (Lipinski definition) is 5. The van der Waals surface area contributed by atoms with Gasteiger partial charge in [0.05, 0.1) is 31.0 Å². The van der Waals surface area contributed by atoms with E-state index in [-0.39, 0.29) is 34.6 Å². The Bertz CT molecular complexity index is 587. The van der Waals surface area contributed by atoms with Gasteiger partial charge in [0.15, 0.2) is 0 Å². The lowest BCUT2D eigenvalue weighted by Gasteiger charge is -2.18. The van der Waals surface area contributed by atoms with E-state index in [1.165, 1.54) is 32.4 Å². The smallest absolute Gasteiger partial charge is 0.339 e. The van der Waals surface area contributed by atoms with Crippen LogP contribution in [0, 0.1) is 5.41 Å². The lowest BCUT2D eigenvalue weighted by Crippen LogP contribution is -2.21. The van der Waals surface area contributed by atoms with Gasteiger partial charge in [0.25, 0.3) is 0 Å². The van der Waals surface area contributed by atoms with Gasteiger partial charge in [-0.05, 0) is 23.6 Å². The van der Waals surface area contributed by atoms with Gasteiger partial charge in [0.2, 0.25) is 5.91 Å². The number of carbonyl (C=O) groups excluding carboxylic acids is 3. The van der Waals surface area contributed by atoms with Crippen LogP contribution in [0.1, 0.15) is 47.9 Å². The molecule has 6 nitrogen and oxygen atoms in total. The van der Waals surface area contributed by atoms with Crippen molar-refractivity contribution in [2.75, 3.05) is 19.5 Å². The molecule has 0 spiro atoms. The summed E-state index contributed by atoms with van der Waals surface area (Å²) in [6.07, 6.45) is 0.274. The molecule has 1 N–H and O–H groups in total. The Morgan fingerprint density at radius 1 is 1.05 bits per heavy atom. The van der Waals surface area contributed by atoms with Crippen LogP contribution in [0.25, 0.3) is 0 Å². The van der Waals surface area contributed by atoms with Gasteiger partial charge in [-0.15, -0.1) is 0 Å². The topological polar surface area (TPSA) is 81.7 Å². The number of amides is 1. The molecule has 0 unspecified atom stereocenters. The van der Waals surface area contributed by atoms with E-state index >= 15 is 0 Å². The van der Waals surface area contributed by atoms with Gasteiger partial charge < -0.3 is 14.8 Å². The second-order valence-electron chi connectivity index (χ2n) is 6.03. The summed E-state index contributed by atoms with van der Waals surface area (Å²) in [5.41, 5.74) is 0.442. The Morgan fingerprint density at radius 2 is 1.64 bits per heavy atom. The van der Waals surface area contributed by atoms with Crippen LogP contribution < -0.4 is 5.32 Å². The maximum Gasteiger partial charge on any atom is 0.339 e. The number of nitrogens with one attached hydrogen (secondary N) is 1. The highest BCUT2D eigenvalue weighted by Gasteiger charge is 2.20. The summed E-state index contributed by atoms with van der Waals surface area (Å²) in [6.45, 7) is 5.79. The van der Waals surface area contributed by atoms with Crippen LogP contribution in [0.2, 0.25) is 0 Å². The second-order valence-corrected chi connectivity index (χ2v) is 6.03. The second kappa shape index (κ2) is 7.06.